The van der Waals surface area contributed by atoms with Crippen molar-refractivity contribution in [2.45, 2.75) is 38.3 Å². The van der Waals surface area contributed by atoms with E-state index in [0.29, 0.717) is 18.1 Å². The van der Waals surface area contributed by atoms with Crippen LogP contribution in [0.5, 0.6) is 0 Å². The topological polar surface area (TPSA) is 66.5 Å². The Bertz CT molecular complexity index is 545. The van der Waals surface area contributed by atoms with Crippen LogP contribution in [0.25, 0.3) is 0 Å². The van der Waals surface area contributed by atoms with E-state index < -0.39 is 0 Å². The highest BCUT2D eigenvalue weighted by molar-refractivity contribution is 6.30. The fourth-order valence-corrected chi connectivity index (χ4v) is 2.62. The Morgan fingerprint density at radius 1 is 1.27 bits per heavy atom. The predicted molar refractivity (Wildman–Crippen MR) is 83.3 cm³/mol. The van der Waals surface area contributed by atoms with E-state index in [-0.39, 0.29) is 30.7 Å². The summed E-state index contributed by atoms with van der Waals surface area (Å²) in [6.07, 6.45) is 2.65. The summed E-state index contributed by atoms with van der Waals surface area (Å²) in [4.78, 5) is 36.2. The van der Waals surface area contributed by atoms with Gasteiger partial charge in [-0.25, -0.2) is 0 Å². The number of amides is 2. The van der Waals surface area contributed by atoms with Crippen LogP contribution in [-0.4, -0.2) is 35.6 Å². The van der Waals surface area contributed by atoms with E-state index in [4.69, 9.17) is 11.6 Å². The van der Waals surface area contributed by atoms with Crippen molar-refractivity contribution in [1.82, 2.24) is 10.2 Å². The van der Waals surface area contributed by atoms with E-state index in [1.54, 1.807) is 17.0 Å². The van der Waals surface area contributed by atoms with Crippen molar-refractivity contribution in [3.8, 4) is 0 Å². The van der Waals surface area contributed by atoms with Crippen LogP contribution >= 0.6 is 11.6 Å². The molecule has 2 amide bonds. The van der Waals surface area contributed by atoms with Crippen LogP contribution in [0.2, 0.25) is 5.02 Å². The number of nitrogens with zero attached hydrogens (tertiary/aromatic N) is 1. The van der Waals surface area contributed by atoms with Crippen LogP contribution in [0.1, 0.15) is 31.2 Å². The molecule has 0 aliphatic carbocycles. The predicted octanol–water partition coefficient (Wildman–Crippen LogP) is 1.93. The highest BCUT2D eigenvalue weighted by atomic mass is 35.5. The van der Waals surface area contributed by atoms with Gasteiger partial charge in [0.05, 0.1) is 6.04 Å². The molecule has 118 valence electrons. The van der Waals surface area contributed by atoms with E-state index >= 15 is 0 Å². The summed E-state index contributed by atoms with van der Waals surface area (Å²) in [5.74, 6) is -0.304. The van der Waals surface area contributed by atoms with Gasteiger partial charge in [0.25, 0.3) is 0 Å². The number of benzene rings is 1. The molecule has 1 saturated heterocycles. The monoisotopic (exact) mass is 322 g/mol. The molecule has 1 aliphatic heterocycles. The van der Waals surface area contributed by atoms with Gasteiger partial charge in [0.15, 0.2) is 0 Å². The van der Waals surface area contributed by atoms with E-state index in [1.165, 1.54) is 0 Å². The summed E-state index contributed by atoms with van der Waals surface area (Å²) >= 11 is 5.79. The fraction of sp³-hybridized carbons (Fsp3) is 0.438. The van der Waals surface area contributed by atoms with Gasteiger partial charge in [-0.05, 0) is 30.5 Å². The van der Waals surface area contributed by atoms with Gasteiger partial charge in [-0.15, -0.1) is 0 Å². The number of hydrogen-bond donors (Lipinski definition) is 1. The average molecular weight is 323 g/mol. The standard InChI is InChI=1S/C16H19ClN2O3/c17-13-5-3-12(4-6-13)10-18-15(21)7-8-16(22)19-9-1-2-14(19)11-20/h3-6,11,14H,1-2,7-10H2,(H,18,21)/t14-/m0/s1. The van der Waals surface area contributed by atoms with Crippen molar-refractivity contribution in [2.75, 3.05) is 6.54 Å². The summed E-state index contributed by atoms with van der Waals surface area (Å²) in [6, 6.07) is 6.89. The zero-order valence-corrected chi connectivity index (χ0v) is 13.0. The van der Waals surface area contributed by atoms with Gasteiger partial charge in [0, 0.05) is 31.0 Å². The first kappa shape index (κ1) is 16.5. The molecule has 0 radical (unpaired) electrons. The van der Waals surface area contributed by atoms with Crippen molar-refractivity contribution in [3.05, 3.63) is 34.9 Å². The van der Waals surface area contributed by atoms with Crippen LogP contribution in [0.3, 0.4) is 0 Å². The average Bonchev–Trinajstić information content (AvgIpc) is 3.00. The lowest BCUT2D eigenvalue weighted by Gasteiger charge is -2.20. The van der Waals surface area contributed by atoms with Gasteiger partial charge in [0.1, 0.15) is 6.29 Å². The first-order valence-corrected chi connectivity index (χ1v) is 7.74. The Kier molecular flexibility index (Phi) is 5.95. The van der Waals surface area contributed by atoms with E-state index in [1.807, 2.05) is 12.1 Å². The largest absolute Gasteiger partial charge is 0.352 e. The van der Waals surface area contributed by atoms with Gasteiger partial charge < -0.3 is 15.0 Å². The molecule has 1 heterocycles. The summed E-state index contributed by atoms with van der Waals surface area (Å²) in [6.45, 7) is 1.01. The molecule has 1 atom stereocenters. The molecule has 0 spiro atoms. The molecular formula is C16H19ClN2O3. The molecule has 0 unspecified atom stereocenters. The molecule has 2 rings (SSSR count). The normalized spacial score (nSPS) is 17.3. The summed E-state index contributed by atoms with van der Waals surface area (Å²) in [7, 11) is 0. The van der Waals surface area contributed by atoms with E-state index in [0.717, 1.165) is 24.7 Å². The van der Waals surface area contributed by atoms with E-state index in [9.17, 15) is 14.4 Å². The number of hydrogen-bond acceptors (Lipinski definition) is 3. The molecule has 5 nitrogen and oxygen atoms in total. The number of likely N-dealkylation sites (tertiary alicyclic amines) is 1. The van der Waals surface area contributed by atoms with Crippen molar-refractivity contribution in [1.29, 1.82) is 0 Å². The van der Waals surface area contributed by atoms with Gasteiger partial charge >= 0.3 is 0 Å². The number of carbonyl (C=O) groups is 3. The Labute approximate surface area is 134 Å². The first-order valence-electron chi connectivity index (χ1n) is 7.36. The second-order valence-electron chi connectivity index (χ2n) is 5.34. The SMILES string of the molecule is O=C[C@@H]1CCCN1C(=O)CCC(=O)NCc1ccc(Cl)cc1. The quantitative estimate of drug-likeness (QED) is 0.814. The third kappa shape index (κ3) is 4.56. The lowest BCUT2D eigenvalue weighted by molar-refractivity contribution is -0.136. The molecular weight excluding hydrogens is 304 g/mol. The molecule has 0 saturated carbocycles. The molecule has 6 heteroatoms. The maximum absolute atomic E-state index is 12.0. The number of rotatable bonds is 6. The number of carbonyl (C=O) groups excluding carboxylic acids is 3. The summed E-state index contributed by atoms with van der Waals surface area (Å²) < 4.78 is 0. The molecule has 1 fully saturated rings. The number of halogens is 1. The van der Waals surface area contributed by atoms with Crippen LogP contribution in [0, 0.1) is 0 Å². The number of nitrogens with one attached hydrogen (secondary N) is 1. The Morgan fingerprint density at radius 3 is 2.68 bits per heavy atom. The second-order valence-corrected chi connectivity index (χ2v) is 5.77. The van der Waals surface area contributed by atoms with Gasteiger partial charge in [0.2, 0.25) is 11.8 Å². The number of aldehydes is 1. The van der Waals surface area contributed by atoms with Crippen LogP contribution in [0.15, 0.2) is 24.3 Å². The Hall–Kier alpha value is -1.88. The third-order valence-corrected chi connectivity index (χ3v) is 4.00. The molecule has 1 N–H and O–H groups in total. The van der Waals surface area contributed by atoms with Crippen LogP contribution < -0.4 is 5.32 Å². The smallest absolute Gasteiger partial charge is 0.223 e. The zero-order valence-electron chi connectivity index (χ0n) is 12.3. The molecule has 0 bridgehead atoms. The van der Waals surface area contributed by atoms with Crippen molar-refractivity contribution < 1.29 is 14.4 Å². The van der Waals surface area contributed by atoms with Crippen molar-refractivity contribution in [2.24, 2.45) is 0 Å². The van der Waals surface area contributed by atoms with Crippen molar-refractivity contribution in [3.63, 3.8) is 0 Å². The lowest BCUT2D eigenvalue weighted by atomic mass is 10.2. The van der Waals surface area contributed by atoms with Crippen LogP contribution in [0.4, 0.5) is 0 Å². The fourth-order valence-electron chi connectivity index (χ4n) is 2.50. The van der Waals surface area contributed by atoms with Crippen LogP contribution in [-0.2, 0) is 20.9 Å². The molecule has 22 heavy (non-hydrogen) atoms. The van der Waals surface area contributed by atoms with Gasteiger partial charge in [-0.2, -0.15) is 0 Å². The molecule has 1 aromatic rings. The highest BCUT2D eigenvalue weighted by Gasteiger charge is 2.27. The summed E-state index contributed by atoms with van der Waals surface area (Å²) in [5, 5.41) is 3.42. The molecule has 0 aromatic heterocycles. The molecule has 1 aliphatic rings. The summed E-state index contributed by atoms with van der Waals surface area (Å²) in [5.41, 5.74) is 0.949. The first-order chi connectivity index (χ1) is 10.6. The van der Waals surface area contributed by atoms with Gasteiger partial charge in [-0.3, -0.25) is 9.59 Å². The van der Waals surface area contributed by atoms with E-state index in [2.05, 4.69) is 5.32 Å². The minimum absolute atomic E-state index is 0.128. The lowest BCUT2D eigenvalue weighted by Crippen LogP contribution is -2.37. The highest BCUT2D eigenvalue weighted by Crippen LogP contribution is 2.17. The van der Waals surface area contributed by atoms with Gasteiger partial charge in [-0.1, -0.05) is 23.7 Å². The Balaban J connectivity index is 1.72. The minimum atomic E-state index is -0.315. The maximum Gasteiger partial charge on any atom is 0.223 e. The second kappa shape index (κ2) is 7.94. The maximum atomic E-state index is 12.0. The Morgan fingerprint density at radius 2 is 2.00 bits per heavy atom. The zero-order chi connectivity index (χ0) is 15.9. The third-order valence-electron chi connectivity index (χ3n) is 3.75. The van der Waals surface area contributed by atoms with Crippen molar-refractivity contribution >= 4 is 29.7 Å². The minimum Gasteiger partial charge on any atom is -0.352 e. The molecule has 1 aromatic carbocycles.